The van der Waals surface area contributed by atoms with Crippen molar-refractivity contribution < 1.29 is 9.80 Å². The van der Waals surface area contributed by atoms with Crippen LogP contribution in [0.4, 0.5) is 5.69 Å². The van der Waals surface area contributed by atoms with Crippen LogP contribution in [0.5, 0.6) is 0 Å². The van der Waals surface area contributed by atoms with Crippen LogP contribution >= 0.6 is 12.2 Å². The first-order chi connectivity index (χ1) is 10.9. The Balaban J connectivity index is 2.56. The normalized spacial score (nSPS) is 11.1. The predicted molar refractivity (Wildman–Crippen MR) is 104 cm³/mol. The molecule has 0 saturated carbocycles. The Hall–Kier alpha value is -1.17. The molecule has 23 heavy (non-hydrogen) atoms. The fourth-order valence-electron chi connectivity index (χ4n) is 2.40. The van der Waals surface area contributed by atoms with Gasteiger partial charge in [-0.15, -0.1) is 0 Å². The molecule has 5 heteroatoms. The molecule has 0 spiro atoms. The zero-order valence-electron chi connectivity index (χ0n) is 15.4. The SMILES string of the molecule is Cc1ccc(NC(=S)N(CCC[NH+](C)C)CCC[NH+](C)C)cc1. The second-order valence-electron chi connectivity index (χ2n) is 6.90. The second-order valence-corrected chi connectivity index (χ2v) is 7.29. The molecule has 0 aromatic heterocycles. The minimum atomic E-state index is 0.844. The lowest BCUT2D eigenvalue weighted by molar-refractivity contribution is -0.858. The van der Waals surface area contributed by atoms with Crippen molar-refractivity contribution in [2.45, 2.75) is 19.8 Å². The molecule has 1 aromatic rings. The molecule has 1 rings (SSSR count). The van der Waals surface area contributed by atoms with Crippen LogP contribution in [0.15, 0.2) is 24.3 Å². The van der Waals surface area contributed by atoms with Gasteiger partial charge in [-0.2, -0.15) is 0 Å². The highest BCUT2D eigenvalue weighted by Gasteiger charge is 2.11. The molecular formula is C18H34N4S+2. The maximum atomic E-state index is 5.65. The molecule has 0 saturated heterocycles. The van der Waals surface area contributed by atoms with Crippen molar-refractivity contribution >= 4 is 23.0 Å². The highest BCUT2D eigenvalue weighted by Crippen LogP contribution is 2.10. The maximum Gasteiger partial charge on any atom is 0.173 e. The number of quaternary nitrogens is 2. The zero-order valence-corrected chi connectivity index (χ0v) is 16.2. The van der Waals surface area contributed by atoms with Gasteiger partial charge in [0.25, 0.3) is 0 Å². The Morgan fingerprint density at radius 1 is 0.957 bits per heavy atom. The Morgan fingerprint density at radius 3 is 1.87 bits per heavy atom. The van der Waals surface area contributed by atoms with E-state index in [9.17, 15) is 0 Å². The van der Waals surface area contributed by atoms with Gasteiger partial charge in [-0.3, -0.25) is 0 Å². The maximum absolute atomic E-state index is 5.65. The Kier molecular flexibility index (Phi) is 9.14. The minimum absolute atomic E-state index is 0.844. The molecule has 1 aromatic carbocycles. The predicted octanol–water partition coefficient (Wildman–Crippen LogP) is 0.0630. The number of benzene rings is 1. The van der Waals surface area contributed by atoms with E-state index in [1.165, 1.54) is 28.5 Å². The van der Waals surface area contributed by atoms with Crippen LogP contribution in [-0.2, 0) is 0 Å². The number of thiocarbonyl (C=S) groups is 1. The number of nitrogens with zero attached hydrogens (tertiary/aromatic N) is 1. The molecule has 130 valence electrons. The Labute approximate surface area is 147 Å². The summed E-state index contributed by atoms with van der Waals surface area (Å²) in [5.74, 6) is 0. The van der Waals surface area contributed by atoms with Crippen molar-refractivity contribution in [3.63, 3.8) is 0 Å². The number of anilines is 1. The van der Waals surface area contributed by atoms with Gasteiger partial charge in [0, 0.05) is 31.6 Å². The van der Waals surface area contributed by atoms with E-state index in [1.807, 2.05) is 0 Å². The third kappa shape index (κ3) is 8.89. The summed E-state index contributed by atoms with van der Waals surface area (Å²) in [7, 11) is 8.79. The number of hydrogen-bond donors (Lipinski definition) is 3. The summed E-state index contributed by atoms with van der Waals surface area (Å²) in [5.41, 5.74) is 2.34. The Bertz CT molecular complexity index is 443. The molecular weight excluding hydrogens is 304 g/mol. The van der Waals surface area contributed by atoms with Crippen molar-refractivity contribution in [2.24, 2.45) is 0 Å². The summed E-state index contributed by atoms with van der Waals surface area (Å²) in [6.45, 7) is 6.48. The van der Waals surface area contributed by atoms with Crippen molar-refractivity contribution in [1.82, 2.24) is 4.90 Å². The molecule has 0 bridgehead atoms. The smallest absolute Gasteiger partial charge is 0.173 e. The lowest BCUT2D eigenvalue weighted by Crippen LogP contribution is -3.05. The second kappa shape index (κ2) is 10.6. The van der Waals surface area contributed by atoms with E-state index in [0.717, 1.165) is 36.7 Å². The fraction of sp³-hybridized carbons (Fsp3) is 0.611. The van der Waals surface area contributed by atoms with Gasteiger partial charge >= 0.3 is 0 Å². The van der Waals surface area contributed by atoms with Crippen LogP contribution in [0.2, 0.25) is 0 Å². The number of nitrogens with one attached hydrogen (secondary N) is 3. The third-order valence-corrected chi connectivity index (χ3v) is 4.16. The lowest BCUT2D eigenvalue weighted by Gasteiger charge is -2.26. The number of rotatable bonds is 9. The molecule has 0 fully saturated rings. The summed E-state index contributed by atoms with van der Waals surface area (Å²) in [6, 6.07) is 8.40. The molecule has 0 aliphatic heterocycles. The van der Waals surface area contributed by atoms with Crippen molar-refractivity contribution in [3.8, 4) is 0 Å². The fourth-order valence-corrected chi connectivity index (χ4v) is 2.70. The average Bonchev–Trinajstić information content (AvgIpc) is 2.47. The van der Waals surface area contributed by atoms with Gasteiger partial charge in [-0.1, -0.05) is 17.7 Å². The first-order valence-electron chi connectivity index (χ1n) is 8.59. The number of hydrogen-bond acceptors (Lipinski definition) is 1. The standard InChI is InChI=1S/C18H32N4S/c1-16-8-10-17(11-9-16)19-18(23)22(14-6-12-20(2)3)15-7-13-21(4)5/h8-11H,6-7,12-15H2,1-5H3,(H,19,23)/p+2. The van der Waals surface area contributed by atoms with Crippen LogP contribution in [0.25, 0.3) is 0 Å². The quantitative estimate of drug-likeness (QED) is 0.555. The first-order valence-corrected chi connectivity index (χ1v) is 9.00. The van der Waals surface area contributed by atoms with Crippen LogP contribution in [0.3, 0.4) is 0 Å². The molecule has 0 amide bonds. The third-order valence-electron chi connectivity index (χ3n) is 3.80. The van der Waals surface area contributed by atoms with E-state index < -0.39 is 0 Å². The average molecular weight is 339 g/mol. The molecule has 0 atom stereocenters. The van der Waals surface area contributed by atoms with Crippen molar-refractivity contribution in [1.29, 1.82) is 0 Å². The highest BCUT2D eigenvalue weighted by molar-refractivity contribution is 7.80. The van der Waals surface area contributed by atoms with E-state index in [-0.39, 0.29) is 0 Å². The van der Waals surface area contributed by atoms with E-state index in [1.54, 1.807) is 0 Å². The van der Waals surface area contributed by atoms with Crippen molar-refractivity contribution in [3.05, 3.63) is 29.8 Å². The monoisotopic (exact) mass is 338 g/mol. The van der Waals surface area contributed by atoms with Crippen LogP contribution < -0.4 is 15.1 Å². The van der Waals surface area contributed by atoms with Crippen molar-refractivity contribution in [2.75, 3.05) is 59.7 Å². The van der Waals surface area contributed by atoms with E-state index in [0.29, 0.717) is 0 Å². The summed E-state index contributed by atoms with van der Waals surface area (Å²) in [4.78, 5) is 5.29. The molecule has 0 heterocycles. The summed E-state index contributed by atoms with van der Waals surface area (Å²) in [6.07, 6.45) is 2.32. The van der Waals surface area contributed by atoms with Gasteiger partial charge in [0.15, 0.2) is 5.11 Å². The van der Waals surface area contributed by atoms with E-state index in [2.05, 4.69) is 69.6 Å². The molecule has 3 N–H and O–H groups in total. The first kappa shape index (κ1) is 19.9. The van der Waals surface area contributed by atoms with Crippen LogP contribution in [-0.4, -0.2) is 64.4 Å². The lowest BCUT2D eigenvalue weighted by atomic mass is 10.2. The summed E-state index contributed by atoms with van der Waals surface area (Å²) >= 11 is 5.65. The van der Waals surface area contributed by atoms with Gasteiger partial charge in [0.1, 0.15) is 0 Å². The molecule has 0 unspecified atom stereocenters. The molecule has 0 aliphatic carbocycles. The van der Waals surface area contributed by atoms with Gasteiger partial charge in [-0.05, 0) is 31.3 Å². The Morgan fingerprint density at radius 2 is 1.43 bits per heavy atom. The summed E-state index contributed by atoms with van der Waals surface area (Å²) in [5, 5.41) is 4.23. The van der Waals surface area contributed by atoms with Crippen LogP contribution in [0.1, 0.15) is 18.4 Å². The van der Waals surface area contributed by atoms with Gasteiger partial charge in [-0.25, -0.2) is 0 Å². The summed E-state index contributed by atoms with van der Waals surface area (Å²) < 4.78 is 0. The van der Waals surface area contributed by atoms with E-state index >= 15 is 0 Å². The highest BCUT2D eigenvalue weighted by atomic mass is 32.1. The minimum Gasteiger partial charge on any atom is -0.349 e. The van der Waals surface area contributed by atoms with Gasteiger partial charge in [0.2, 0.25) is 0 Å². The largest absolute Gasteiger partial charge is 0.349 e. The zero-order chi connectivity index (χ0) is 17.2. The van der Waals surface area contributed by atoms with Gasteiger partial charge < -0.3 is 20.0 Å². The number of aryl methyl sites for hydroxylation is 1. The molecule has 4 nitrogen and oxygen atoms in total. The van der Waals surface area contributed by atoms with E-state index in [4.69, 9.17) is 12.2 Å². The van der Waals surface area contributed by atoms with Crippen LogP contribution in [0, 0.1) is 6.92 Å². The molecule has 0 radical (unpaired) electrons. The molecule has 0 aliphatic rings. The topological polar surface area (TPSA) is 24.2 Å². The van der Waals surface area contributed by atoms with Gasteiger partial charge in [0.05, 0.1) is 41.3 Å².